The number of carbonyl (C=O) groups is 1. The number of methoxy groups -OCH3 is 3. The van der Waals surface area contributed by atoms with Gasteiger partial charge in [-0.15, -0.1) is 0 Å². The van der Waals surface area contributed by atoms with E-state index in [1.54, 1.807) is 14.2 Å². The summed E-state index contributed by atoms with van der Waals surface area (Å²) in [5, 5.41) is 3.85. The van der Waals surface area contributed by atoms with E-state index in [0.717, 1.165) is 12.0 Å². The van der Waals surface area contributed by atoms with Gasteiger partial charge in [0.25, 0.3) is 0 Å². The lowest BCUT2D eigenvalue weighted by Gasteiger charge is -2.55. The van der Waals surface area contributed by atoms with Crippen LogP contribution in [0.5, 0.6) is 11.5 Å². The maximum Gasteiger partial charge on any atom is 0.317 e. The van der Waals surface area contributed by atoms with Crippen molar-refractivity contribution < 1.29 is 23.7 Å². The zero-order chi connectivity index (χ0) is 18.9. The molecule has 1 N–H and O–H groups in total. The van der Waals surface area contributed by atoms with Crippen molar-refractivity contribution in [3.05, 3.63) is 23.8 Å². The number of benzene rings is 1. The Labute approximate surface area is 158 Å². The smallest absolute Gasteiger partial charge is 0.317 e. The first kappa shape index (κ1) is 18.7. The molecule has 0 amide bonds. The Morgan fingerprint density at radius 2 is 2.15 bits per heavy atom. The van der Waals surface area contributed by atoms with Crippen LogP contribution < -0.4 is 14.8 Å². The lowest BCUT2D eigenvalue weighted by molar-refractivity contribution is -0.173. The number of carbonyl (C=O) groups excluding carboxylic acids is 1. The van der Waals surface area contributed by atoms with Gasteiger partial charge in [-0.1, -0.05) is 12.1 Å². The summed E-state index contributed by atoms with van der Waals surface area (Å²) in [5.41, 5.74) is -0.161. The lowest BCUT2D eigenvalue weighted by atomic mass is 9.79. The number of nitrogens with one attached hydrogen (secondary N) is 1. The van der Waals surface area contributed by atoms with Gasteiger partial charge in [0, 0.05) is 25.8 Å². The summed E-state index contributed by atoms with van der Waals surface area (Å²) in [7, 11) is 4.63. The molecule has 3 unspecified atom stereocenters. The van der Waals surface area contributed by atoms with E-state index in [1.807, 2.05) is 30.0 Å². The zero-order valence-corrected chi connectivity index (χ0v) is 16.2. The van der Waals surface area contributed by atoms with E-state index < -0.39 is 11.6 Å². The van der Waals surface area contributed by atoms with Gasteiger partial charge in [0.2, 0.25) is 0 Å². The molecule has 26 heavy (non-hydrogen) atoms. The SMILES string of the molecule is COCCCN1C(=S)NC2c3cccc(OC)c3OC1(C)C2C(=O)OC. The molecule has 0 radical (unpaired) electrons. The van der Waals surface area contributed by atoms with Gasteiger partial charge in [0.05, 0.1) is 20.3 Å². The molecule has 1 fully saturated rings. The predicted molar refractivity (Wildman–Crippen MR) is 99.2 cm³/mol. The Bertz CT molecular complexity index is 713. The van der Waals surface area contributed by atoms with Gasteiger partial charge >= 0.3 is 5.97 Å². The quantitative estimate of drug-likeness (QED) is 0.456. The second-order valence-electron chi connectivity index (χ2n) is 6.46. The molecule has 1 saturated heterocycles. The van der Waals surface area contributed by atoms with E-state index in [1.165, 1.54) is 7.11 Å². The fourth-order valence-corrected chi connectivity index (χ4v) is 4.18. The summed E-state index contributed by atoms with van der Waals surface area (Å²) in [6.07, 6.45) is 0.745. The van der Waals surface area contributed by atoms with Crippen LogP contribution in [0.25, 0.3) is 0 Å². The van der Waals surface area contributed by atoms with E-state index >= 15 is 0 Å². The maximum absolute atomic E-state index is 12.7. The topological polar surface area (TPSA) is 69.3 Å². The Kier molecular flexibility index (Phi) is 5.24. The summed E-state index contributed by atoms with van der Waals surface area (Å²) in [4.78, 5) is 14.6. The predicted octanol–water partition coefficient (Wildman–Crippen LogP) is 1.86. The molecule has 0 saturated carbocycles. The third kappa shape index (κ3) is 2.87. The Morgan fingerprint density at radius 1 is 1.38 bits per heavy atom. The molecule has 1 aromatic carbocycles. The van der Waals surface area contributed by atoms with Crippen molar-refractivity contribution in [2.45, 2.75) is 25.1 Å². The molecule has 8 heteroatoms. The zero-order valence-electron chi connectivity index (χ0n) is 15.4. The average Bonchev–Trinajstić information content (AvgIpc) is 2.63. The van der Waals surface area contributed by atoms with Crippen LogP contribution in [-0.4, -0.2) is 56.2 Å². The molecular formula is C18H24N2O5S. The molecule has 0 aromatic heterocycles. The monoisotopic (exact) mass is 380 g/mol. The summed E-state index contributed by atoms with van der Waals surface area (Å²) in [6.45, 7) is 3.04. The molecule has 7 nitrogen and oxygen atoms in total. The number of nitrogens with zero attached hydrogens (tertiary/aromatic N) is 1. The average molecular weight is 380 g/mol. The lowest BCUT2D eigenvalue weighted by Crippen LogP contribution is -2.71. The van der Waals surface area contributed by atoms with Crippen molar-refractivity contribution in [2.75, 3.05) is 34.5 Å². The number of ether oxygens (including phenoxy) is 4. The number of esters is 1. The minimum absolute atomic E-state index is 0.349. The van der Waals surface area contributed by atoms with Crippen LogP contribution in [0.4, 0.5) is 0 Å². The van der Waals surface area contributed by atoms with Gasteiger partial charge in [-0.2, -0.15) is 0 Å². The van der Waals surface area contributed by atoms with Gasteiger partial charge < -0.3 is 29.2 Å². The second-order valence-corrected chi connectivity index (χ2v) is 6.85. The van der Waals surface area contributed by atoms with Crippen molar-refractivity contribution in [3.63, 3.8) is 0 Å². The number of hydrogen-bond donors (Lipinski definition) is 1. The third-order valence-corrected chi connectivity index (χ3v) is 5.37. The minimum Gasteiger partial charge on any atom is -0.493 e. The molecule has 1 aromatic rings. The number of thiocarbonyl (C=S) groups is 1. The highest BCUT2D eigenvalue weighted by Gasteiger charge is 2.59. The fraction of sp³-hybridized carbons (Fsp3) is 0.556. The first-order valence-electron chi connectivity index (χ1n) is 8.48. The molecule has 2 heterocycles. The fourth-order valence-electron chi connectivity index (χ4n) is 3.78. The van der Waals surface area contributed by atoms with Crippen LogP contribution in [0.2, 0.25) is 0 Å². The van der Waals surface area contributed by atoms with Crippen LogP contribution in [0.1, 0.15) is 24.9 Å². The molecular weight excluding hydrogens is 356 g/mol. The van der Waals surface area contributed by atoms with Gasteiger partial charge in [-0.3, -0.25) is 4.79 Å². The summed E-state index contributed by atoms with van der Waals surface area (Å²) < 4.78 is 22.1. The standard InChI is InChI=1S/C18H24N2O5S/c1-18-13(16(21)24-4)14(19-17(26)20(18)9-6-10-22-2)11-7-5-8-12(23-3)15(11)25-18/h5,7-8,13-14H,6,9-10H2,1-4H3,(H,19,26). The van der Waals surface area contributed by atoms with E-state index in [9.17, 15) is 4.79 Å². The van der Waals surface area contributed by atoms with Crippen molar-refractivity contribution >= 4 is 23.3 Å². The van der Waals surface area contributed by atoms with Gasteiger partial charge in [-0.25, -0.2) is 0 Å². The number of hydrogen-bond acceptors (Lipinski definition) is 6. The Hall–Kier alpha value is -2.06. The second kappa shape index (κ2) is 7.28. The van der Waals surface area contributed by atoms with Crippen LogP contribution in [0, 0.1) is 5.92 Å². The minimum atomic E-state index is -0.991. The first-order chi connectivity index (χ1) is 12.5. The van der Waals surface area contributed by atoms with Crippen LogP contribution in [0.3, 0.4) is 0 Å². The molecule has 3 rings (SSSR count). The Morgan fingerprint density at radius 3 is 2.81 bits per heavy atom. The Balaban J connectivity index is 2.09. The highest BCUT2D eigenvalue weighted by molar-refractivity contribution is 7.80. The number of fused-ring (bicyclic) bond motifs is 4. The van der Waals surface area contributed by atoms with Gasteiger partial charge in [0.15, 0.2) is 22.3 Å². The molecule has 2 bridgehead atoms. The first-order valence-corrected chi connectivity index (χ1v) is 8.89. The third-order valence-electron chi connectivity index (χ3n) is 5.03. The van der Waals surface area contributed by atoms with Crippen LogP contribution >= 0.6 is 12.2 Å². The summed E-state index contributed by atoms with van der Waals surface area (Å²) in [5.74, 6) is 0.307. The normalized spacial score (nSPS) is 26.5. The summed E-state index contributed by atoms with van der Waals surface area (Å²) in [6, 6.07) is 5.27. The summed E-state index contributed by atoms with van der Waals surface area (Å²) >= 11 is 5.58. The van der Waals surface area contributed by atoms with E-state index in [0.29, 0.717) is 29.8 Å². The number of rotatable bonds is 6. The van der Waals surface area contributed by atoms with Crippen LogP contribution in [-0.2, 0) is 14.3 Å². The van der Waals surface area contributed by atoms with E-state index in [4.69, 9.17) is 31.2 Å². The largest absolute Gasteiger partial charge is 0.493 e. The van der Waals surface area contributed by atoms with Crippen LogP contribution in [0.15, 0.2) is 18.2 Å². The molecule has 0 aliphatic carbocycles. The van der Waals surface area contributed by atoms with Crippen molar-refractivity contribution in [2.24, 2.45) is 5.92 Å². The highest BCUT2D eigenvalue weighted by Crippen LogP contribution is 2.51. The van der Waals surface area contributed by atoms with Gasteiger partial charge in [-0.05, 0) is 31.6 Å². The van der Waals surface area contributed by atoms with Crippen molar-refractivity contribution in [1.29, 1.82) is 0 Å². The van der Waals surface area contributed by atoms with Gasteiger partial charge in [0.1, 0.15) is 5.92 Å². The molecule has 142 valence electrons. The molecule has 3 atom stereocenters. The molecule has 0 spiro atoms. The van der Waals surface area contributed by atoms with E-state index in [-0.39, 0.29) is 12.0 Å². The van der Waals surface area contributed by atoms with E-state index in [2.05, 4.69) is 5.32 Å². The number of para-hydroxylation sites is 1. The molecule has 2 aliphatic rings. The molecule has 2 aliphatic heterocycles. The maximum atomic E-state index is 12.7. The van der Waals surface area contributed by atoms with Crippen molar-refractivity contribution in [3.8, 4) is 11.5 Å². The van der Waals surface area contributed by atoms with Crippen molar-refractivity contribution in [1.82, 2.24) is 10.2 Å². The highest BCUT2D eigenvalue weighted by atomic mass is 32.1.